The zero-order valence-electron chi connectivity index (χ0n) is 11.2. The van der Waals surface area contributed by atoms with Crippen molar-refractivity contribution >= 4 is 5.91 Å². The Bertz CT molecular complexity index is 488. The van der Waals surface area contributed by atoms with E-state index in [9.17, 15) is 18.0 Å². The Morgan fingerprint density at radius 3 is 2.75 bits per heavy atom. The second kappa shape index (κ2) is 5.83. The van der Waals surface area contributed by atoms with Crippen LogP contribution >= 0.6 is 0 Å². The summed E-state index contributed by atoms with van der Waals surface area (Å²) in [4.78, 5) is 13.8. The molecule has 1 aromatic carbocycles. The third kappa shape index (κ3) is 3.30. The quantitative estimate of drug-likeness (QED) is 0.902. The summed E-state index contributed by atoms with van der Waals surface area (Å²) < 4.78 is 38.6. The van der Waals surface area contributed by atoms with E-state index >= 15 is 0 Å². The number of hydrogen-bond donors (Lipinski definition) is 1. The first kappa shape index (κ1) is 14.8. The highest BCUT2D eigenvalue weighted by Crippen LogP contribution is 2.32. The van der Waals surface area contributed by atoms with Gasteiger partial charge >= 0.3 is 6.18 Å². The molecule has 0 spiro atoms. The molecule has 1 N–H and O–H groups in total. The summed E-state index contributed by atoms with van der Waals surface area (Å²) in [5.41, 5.74) is -0.688. The van der Waals surface area contributed by atoms with Crippen LogP contribution in [0.4, 0.5) is 13.2 Å². The van der Waals surface area contributed by atoms with Gasteiger partial charge in [-0.25, -0.2) is 0 Å². The topological polar surface area (TPSA) is 32.3 Å². The average Bonchev–Trinajstić information content (AvgIpc) is 2.38. The highest BCUT2D eigenvalue weighted by atomic mass is 19.4. The van der Waals surface area contributed by atoms with Crippen molar-refractivity contribution < 1.29 is 18.0 Å². The lowest BCUT2D eigenvalue weighted by Gasteiger charge is -2.34. The maximum absolute atomic E-state index is 12.9. The summed E-state index contributed by atoms with van der Waals surface area (Å²) >= 11 is 0. The number of hydrogen-bond acceptors (Lipinski definition) is 2. The molecule has 1 amide bonds. The van der Waals surface area contributed by atoms with Crippen molar-refractivity contribution in [3.63, 3.8) is 0 Å². The van der Waals surface area contributed by atoms with Crippen molar-refractivity contribution in [3.05, 3.63) is 35.4 Å². The lowest BCUT2D eigenvalue weighted by Crippen LogP contribution is -2.52. The molecule has 2 rings (SSSR count). The minimum atomic E-state index is -4.42. The first-order valence-corrected chi connectivity index (χ1v) is 6.55. The van der Waals surface area contributed by atoms with Crippen LogP contribution in [0.5, 0.6) is 0 Å². The van der Waals surface area contributed by atoms with Crippen LogP contribution in [0.1, 0.15) is 18.1 Å². The fourth-order valence-electron chi connectivity index (χ4n) is 2.43. The molecule has 0 saturated carbocycles. The largest absolute Gasteiger partial charge is 0.416 e. The predicted octanol–water partition coefficient (Wildman–Crippen LogP) is 2.07. The molecule has 1 atom stereocenters. The lowest BCUT2D eigenvalue weighted by molar-refractivity contribution is -0.139. The molecule has 0 aromatic heterocycles. The molecule has 3 nitrogen and oxygen atoms in total. The van der Waals surface area contributed by atoms with Crippen LogP contribution in [0.3, 0.4) is 0 Å². The van der Waals surface area contributed by atoms with Gasteiger partial charge in [0.1, 0.15) is 0 Å². The standard InChI is InChI=1S/C14H17F3N2O/c1-10-9-18-6-7-19(10)13(20)8-11-4-2-3-5-12(11)14(15,16)17/h2-5,10,18H,6-9H2,1H3/t10-/m1/s1. The Kier molecular flexibility index (Phi) is 4.32. The van der Waals surface area contributed by atoms with Crippen molar-refractivity contribution in [2.24, 2.45) is 0 Å². The molecule has 110 valence electrons. The van der Waals surface area contributed by atoms with Crippen LogP contribution in [0.2, 0.25) is 0 Å². The van der Waals surface area contributed by atoms with Gasteiger partial charge in [0, 0.05) is 25.7 Å². The molecule has 1 aliphatic rings. The molecular weight excluding hydrogens is 269 g/mol. The van der Waals surface area contributed by atoms with Gasteiger partial charge in [-0.15, -0.1) is 0 Å². The fraction of sp³-hybridized carbons (Fsp3) is 0.500. The van der Waals surface area contributed by atoms with E-state index in [0.29, 0.717) is 19.6 Å². The third-order valence-corrected chi connectivity index (χ3v) is 3.49. The van der Waals surface area contributed by atoms with Crippen LogP contribution in [-0.4, -0.2) is 36.5 Å². The van der Waals surface area contributed by atoms with Gasteiger partial charge in [-0.1, -0.05) is 18.2 Å². The van der Waals surface area contributed by atoms with Crippen molar-refractivity contribution in [2.75, 3.05) is 19.6 Å². The zero-order valence-corrected chi connectivity index (χ0v) is 11.2. The van der Waals surface area contributed by atoms with E-state index in [2.05, 4.69) is 5.32 Å². The van der Waals surface area contributed by atoms with Crippen LogP contribution in [-0.2, 0) is 17.4 Å². The van der Waals surface area contributed by atoms with E-state index in [1.807, 2.05) is 6.92 Å². The molecule has 1 aliphatic heterocycles. The molecule has 1 heterocycles. The first-order valence-electron chi connectivity index (χ1n) is 6.55. The number of benzene rings is 1. The van der Waals surface area contributed by atoms with Gasteiger partial charge in [0.2, 0.25) is 5.91 Å². The molecule has 0 radical (unpaired) electrons. The minimum Gasteiger partial charge on any atom is -0.337 e. The highest BCUT2D eigenvalue weighted by Gasteiger charge is 2.34. The maximum atomic E-state index is 12.9. The molecule has 1 fully saturated rings. The van der Waals surface area contributed by atoms with Gasteiger partial charge in [0.05, 0.1) is 12.0 Å². The summed E-state index contributed by atoms with van der Waals surface area (Å²) in [5.74, 6) is -0.254. The van der Waals surface area contributed by atoms with Gasteiger partial charge < -0.3 is 10.2 Å². The number of carbonyl (C=O) groups excluding carboxylic acids is 1. The van der Waals surface area contributed by atoms with Gasteiger partial charge in [0.15, 0.2) is 0 Å². The molecule has 0 unspecified atom stereocenters. The summed E-state index contributed by atoms with van der Waals surface area (Å²) in [6.45, 7) is 3.78. The summed E-state index contributed by atoms with van der Waals surface area (Å²) in [6.07, 6.45) is -4.63. The first-order chi connectivity index (χ1) is 9.39. The van der Waals surface area contributed by atoms with Crippen LogP contribution < -0.4 is 5.32 Å². The normalized spacial score (nSPS) is 20.0. The smallest absolute Gasteiger partial charge is 0.337 e. The minimum absolute atomic E-state index is 0.00861. The Morgan fingerprint density at radius 1 is 1.40 bits per heavy atom. The lowest BCUT2D eigenvalue weighted by atomic mass is 10.0. The van der Waals surface area contributed by atoms with E-state index in [-0.39, 0.29) is 23.9 Å². The molecule has 0 bridgehead atoms. The summed E-state index contributed by atoms with van der Waals surface area (Å²) in [7, 11) is 0. The number of rotatable bonds is 2. The summed E-state index contributed by atoms with van der Waals surface area (Å²) in [6, 6.07) is 5.26. The number of nitrogens with one attached hydrogen (secondary N) is 1. The third-order valence-electron chi connectivity index (χ3n) is 3.49. The van der Waals surface area contributed by atoms with E-state index in [0.717, 1.165) is 6.07 Å². The van der Waals surface area contributed by atoms with Crippen molar-refractivity contribution in [2.45, 2.75) is 25.6 Å². The SMILES string of the molecule is C[C@@H]1CNCCN1C(=O)Cc1ccccc1C(F)(F)F. The Hall–Kier alpha value is -1.56. The summed E-state index contributed by atoms with van der Waals surface area (Å²) in [5, 5.41) is 3.14. The van der Waals surface area contributed by atoms with Gasteiger partial charge in [-0.3, -0.25) is 4.79 Å². The molecule has 1 aromatic rings. The van der Waals surface area contributed by atoms with E-state index in [1.54, 1.807) is 4.90 Å². The van der Waals surface area contributed by atoms with Gasteiger partial charge in [-0.2, -0.15) is 13.2 Å². The number of nitrogens with zero attached hydrogens (tertiary/aromatic N) is 1. The number of halogens is 3. The van der Waals surface area contributed by atoms with Crippen molar-refractivity contribution in [3.8, 4) is 0 Å². The second-order valence-corrected chi connectivity index (χ2v) is 4.97. The zero-order chi connectivity index (χ0) is 14.8. The monoisotopic (exact) mass is 286 g/mol. The van der Waals surface area contributed by atoms with Crippen LogP contribution in [0, 0.1) is 0 Å². The fourth-order valence-corrected chi connectivity index (χ4v) is 2.43. The molecule has 0 aliphatic carbocycles. The molecular formula is C14H17F3N2O. The van der Waals surface area contributed by atoms with Crippen molar-refractivity contribution in [1.82, 2.24) is 10.2 Å². The number of amides is 1. The maximum Gasteiger partial charge on any atom is 0.416 e. The predicted molar refractivity (Wildman–Crippen MR) is 69.2 cm³/mol. The average molecular weight is 286 g/mol. The van der Waals surface area contributed by atoms with E-state index < -0.39 is 11.7 Å². The van der Waals surface area contributed by atoms with Crippen LogP contribution in [0.25, 0.3) is 0 Å². The highest BCUT2D eigenvalue weighted by molar-refractivity contribution is 5.79. The molecule has 1 saturated heterocycles. The van der Waals surface area contributed by atoms with Gasteiger partial charge in [-0.05, 0) is 18.6 Å². The number of carbonyl (C=O) groups is 1. The van der Waals surface area contributed by atoms with Crippen LogP contribution in [0.15, 0.2) is 24.3 Å². The Balaban J connectivity index is 2.16. The molecule has 6 heteroatoms. The number of piperazine rings is 1. The second-order valence-electron chi connectivity index (χ2n) is 4.97. The van der Waals surface area contributed by atoms with E-state index in [4.69, 9.17) is 0 Å². The Morgan fingerprint density at radius 2 is 2.10 bits per heavy atom. The van der Waals surface area contributed by atoms with E-state index in [1.165, 1.54) is 18.2 Å². The number of alkyl halides is 3. The van der Waals surface area contributed by atoms with Crippen molar-refractivity contribution in [1.29, 1.82) is 0 Å². The molecule has 20 heavy (non-hydrogen) atoms. The Labute approximate surface area is 115 Å². The van der Waals surface area contributed by atoms with Gasteiger partial charge in [0.25, 0.3) is 0 Å².